The van der Waals surface area contributed by atoms with E-state index in [0.717, 1.165) is 30.0 Å². The van der Waals surface area contributed by atoms with Crippen LogP contribution in [0.25, 0.3) is 11.4 Å². The normalized spacial score (nSPS) is 11.0. The molecule has 0 saturated heterocycles. The van der Waals surface area contributed by atoms with Crippen molar-refractivity contribution in [1.29, 1.82) is 0 Å². The van der Waals surface area contributed by atoms with Crippen LogP contribution in [0, 0.1) is 19.8 Å². The Kier molecular flexibility index (Phi) is 4.96. The molecule has 0 aliphatic carbocycles. The average molecular weight is 300 g/mol. The van der Waals surface area contributed by atoms with E-state index in [1.165, 1.54) is 0 Å². The van der Waals surface area contributed by atoms with Crippen molar-refractivity contribution in [2.45, 2.75) is 34.1 Å². The van der Waals surface area contributed by atoms with Crippen molar-refractivity contribution in [3.05, 3.63) is 39.9 Å². The summed E-state index contributed by atoms with van der Waals surface area (Å²) in [7, 11) is 2.04. The second-order valence-electron chi connectivity index (χ2n) is 6.13. The van der Waals surface area contributed by atoms with Gasteiger partial charge in [-0.05, 0) is 38.3 Å². The van der Waals surface area contributed by atoms with Gasteiger partial charge in [0.2, 0.25) is 0 Å². The molecule has 118 valence electrons. The lowest BCUT2D eigenvalue weighted by atomic mass is 10.1. The third-order valence-corrected chi connectivity index (χ3v) is 3.85. The maximum absolute atomic E-state index is 11.8. The molecule has 2 aromatic rings. The zero-order valence-corrected chi connectivity index (χ0v) is 14.0. The van der Waals surface area contributed by atoms with E-state index in [9.17, 15) is 4.79 Å². The van der Waals surface area contributed by atoms with Crippen molar-refractivity contribution in [3.8, 4) is 11.4 Å². The molecule has 0 amide bonds. The van der Waals surface area contributed by atoms with Crippen LogP contribution in [0.4, 0.5) is 5.82 Å². The van der Waals surface area contributed by atoms with Crippen molar-refractivity contribution in [3.63, 3.8) is 0 Å². The summed E-state index contributed by atoms with van der Waals surface area (Å²) in [6, 6.07) is 3.91. The van der Waals surface area contributed by atoms with E-state index >= 15 is 0 Å². The van der Waals surface area contributed by atoms with Crippen molar-refractivity contribution in [2.75, 3.05) is 18.5 Å². The first-order valence-corrected chi connectivity index (χ1v) is 7.63. The molecule has 5 nitrogen and oxygen atoms in total. The van der Waals surface area contributed by atoms with E-state index in [2.05, 4.69) is 33.7 Å². The van der Waals surface area contributed by atoms with Crippen LogP contribution in [0.3, 0.4) is 0 Å². The van der Waals surface area contributed by atoms with E-state index in [4.69, 9.17) is 0 Å². The zero-order chi connectivity index (χ0) is 16.3. The van der Waals surface area contributed by atoms with Gasteiger partial charge in [-0.2, -0.15) is 0 Å². The largest absolute Gasteiger partial charge is 0.360 e. The Hall–Kier alpha value is -2.17. The number of hydrogen-bond acceptors (Lipinski definition) is 4. The second kappa shape index (κ2) is 6.73. The summed E-state index contributed by atoms with van der Waals surface area (Å²) in [5, 5.41) is 0. The third-order valence-electron chi connectivity index (χ3n) is 3.85. The van der Waals surface area contributed by atoms with Gasteiger partial charge >= 0.3 is 0 Å². The lowest BCUT2D eigenvalue weighted by Gasteiger charge is -2.19. The number of rotatable bonds is 5. The van der Waals surface area contributed by atoms with E-state index in [0.29, 0.717) is 17.3 Å². The molecule has 2 aromatic heterocycles. The van der Waals surface area contributed by atoms with Gasteiger partial charge in [0.25, 0.3) is 5.56 Å². The summed E-state index contributed by atoms with van der Waals surface area (Å²) in [6.45, 7) is 9.02. The SMILES string of the molecule is Cc1nc(-c2ccc(N(C)CCC(C)C)nc2)[nH]c(=O)c1C. The molecule has 0 spiro atoms. The number of pyridine rings is 1. The number of aromatic amines is 1. The second-order valence-corrected chi connectivity index (χ2v) is 6.13. The van der Waals surface area contributed by atoms with Gasteiger partial charge in [0, 0.05) is 36.6 Å². The molecule has 0 radical (unpaired) electrons. The Balaban J connectivity index is 2.20. The molecule has 0 atom stereocenters. The minimum Gasteiger partial charge on any atom is -0.360 e. The Labute approximate surface area is 131 Å². The lowest BCUT2D eigenvalue weighted by molar-refractivity contribution is 0.583. The molecule has 0 saturated carbocycles. The predicted molar refractivity (Wildman–Crippen MR) is 90.3 cm³/mol. The van der Waals surface area contributed by atoms with E-state index in [1.807, 2.05) is 26.1 Å². The van der Waals surface area contributed by atoms with Crippen molar-refractivity contribution >= 4 is 5.82 Å². The Morgan fingerprint density at radius 1 is 1.27 bits per heavy atom. The number of anilines is 1. The fraction of sp³-hybridized carbons (Fsp3) is 0.471. The van der Waals surface area contributed by atoms with E-state index in [1.54, 1.807) is 13.1 Å². The lowest BCUT2D eigenvalue weighted by Crippen LogP contribution is -2.20. The van der Waals surface area contributed by atoms with Gasteiger partial charge < -0.3 is 9.88 Å². The summed E-state index contributed by atoms with van der Waals surface area (Å²) in [6.07, 6.45) is 2.89. The molecule has 2 rings (SSSR count). The third kappa shape index (κ3) is 3.72. The van der Waals surface area contributed by atoms with Gasteiger partial charge in [0.1, 0.15) is 11.6 Å². The van der Waals surface area contributed by atoms with Gasteiger partial charge in [-0.25, -0.2) is 9.97 Å². The molecule has 0 aliphatic rings. The van der Waals surface area contributed by atoms with Crippen LogP contribution in [0.15, 0.2) is 23.1 Å². The van der Waals surface area contributed by atoms with Crippen molar-refractivity contribution in [1.82, 2.24) is 15.0 Å². The van der Waals surface area contributed by atoms with Gasteiger partial charge in [0.15, 0.2) is 0 Å². The van der Waals surface area contributed by atoms with Crippen LogP contribution in [0.5, 0.6) is 0 Å². The first kappa shape index (κ1) is 16.2. The van der Waals surface area contributed by atoms with Crippen LogP contribution in [0.1, 0.15) is 31.5 Å². The topological polar surface area (TPSA) is 61.9 Å². The molecule has 0 unspecified atom stereocenters. The Morgan fingerprint density at radius 3 is 2.55 bits per heavy atom. The van der Waals surface area contributed by atoms with Gasteiger partial charge in [0.05, 0.1) is 0 Å². The summed E-state index contributed by atoms with van der Waals surface area (Å²) in [4.78, 5) is 25.7. The highest BCUT2D eigenvalue weighted by atomic mass is 16.1. The number of aromatic nitrogens is 3. The highest BCUT2D eigenvalue weighted by Crippen LogP contribution is 2.17. The van der Waals surface area contributed by atoms with Crippen LogP contribution >= 0.6 is 0 Å². The van der Waals surface area contributed by atoms with Crippen LogP contribution < -0.4 is 10.5 Å². The summed E-state index contributed by atoms with van der Waals surface area (Å²) >= 11 is 0. The highest BCUT2D eigenvalue weighted by Gasteiger charge is 2.08. The maximum Gasteiger partial charge on any atom is 0.254 e. The minimum atomic E-state index is -0.0966. The monoisotopic (exact) mass is 300 g/mol. The van der Waals surface area contributed by atoms with E-state index < -0.39 is 0 Å². The molecule has 22 heavy (non-hydrogen) atoms. The molecule has 1 N–H and O–H groups in total. The molecule has 2 heterocycles. The van der Waals surface area contributed by atoms with Crippen molar-refractivity contribution < 1.29 is 0 Å². The van der Waals surface area contributed by atoms with Crippen LogP contribution in [0.2, 0.25) is 0 Å². The number of nitrogens with one attached hydrogen (secondary N) is 1. The van der Waals surface area contributed by atoms with Crippen LogP contribution in [-0.4, -0.2) is 28.5 Å². The summed E-state index contributed by atoms with van der Waals surface area (Å²) < 4.78 is 0. The number of hydrogen-bond donors (Lipinski definition) is 1. The standard InChI is InChI=1S/C17H24N4O/c1-11(2)8-9-21(5)15-7-6-14(10-18-15)16-19-13(4)12(3)17(22)20-16/h6-7,10-11H,8-9H2,1-5H3,(H,19,20,22). The molecule has 0 bridgehead atoms. The van der Waals surface area contributed by atoms with Gasteiger partial charge in [-0.15, -0.1) is 0 Å². The van der Waals surface area contributed by atoms with Crippen LogP contribution in [-0.2, 0) is 0 Å². The number of aryl methyl sites for hydroxylation is 1. The maximum atomic E-state index is 11.8. The highest BCUT2D eigenvalue weighted by molar-refractivity contribution is 5.56. The minimum absolute atomic E-state index is 0.0966. The fourth-order valence-corrected chi connectivity index (χ4v) is 2.10. The van der Waals surface area contributed by atoms with Gasteiger partial charge in [-0.3, -0.25) is 4.79 Å². The summed E-state index contributed by atoms with van der Waals surface area (Å²) in [5.41, 5.74) is 2.13. The quantitative estimate of drug-likeness (QED) is 0.922. The number of H-pyrrole nitrogens is 1. The Morgan fingerprint density at radius 2 is 2.00 bits per heavy atom. The van der Waals surface area contributed by atoms with E-state index in [-0.39, 0.29) is 5.56 Å². The van der Waals surface area contributed by atoms with Gasteiger partial charge in [-0.1, -0.05) is 13.8 Å². The molecular weight excluding hydrogens is 276 g/mol. The average Bonchev–Trinajstić information content (AvgIpc) is 2.50. The molecule has 5 heteroatoms. The first-order chi connectivity index (χ1) is 10.4. The zero-order valence-electron chi connectivity index (χ0n) is 14.0. The summed E-state index contributed by atoms with van der Waals surface area (Å²) in [5.74, 6) is 2.17. The molecular formula is C17H24N4O. The van der Waals surface area contributed by atoms with Crippen molar-refractivity contribution in [2.24, 2.45) is 5.92 Å². The first-order valence-electron chi connectivity index (χ1n) is 7.63. The Bertz CT molecular complexity index is 689. The predicted octanol–water partition coefficient (Wildman–Crippen LogP) is 2.93. The number of nitrogens with zero attached hydrogens (tertiary/aromatic N) is 3. The molecule has 0 aliphatic heterocycles. The fourth-order valence-electron chi connectivity index (χ4n) is 2.10. The smallest absolute Gasteiger partial charge is 0.254 e. The molecule has 0 aromatic carbocycles. The molecule has 0 fully saturated rings.